The van der Waals surface area contributed by atoms with Crippen LogP contribution in [-0.2, 0) is 4.79 Å². The normalized spacial score (nSPS) is 10.9. The van der Waals surface area contributed by atoms with Gasteiger partial charge in [0.25, 0.3) is 0 Å². The molecule has 0 spiro atoms. The van der Waals surface area contributed by atoms with Gasteiger partial charge in [0.15, 0.2) is 5.82 Å². The van der Waals surface area contributed by atoms with Crippen LogP contribution < -0.4 is 16.5 Å². The molecule has 0 bridgehead atoms. The molecule has 0 aliphatic heterocycles. The van der Waals surface area contributed by atoms with Gasteiger partial charge in [0.1, 0.15) is 0 Å². The Kier molecular flexibility index (Phi) is 4.69. The molecule has 1 amide bonds. The van der Waals surface area contributed by atoms with Crippen molar-refractivity contribution in [1.82, 2.24) is 25.0 Å². The van der Waals surface area contributed by atoms with Crippen molar-refractivity contribution in [2.24, 2.45) is 0 Å². The average molecular weight is 387 g/mol. The van der Waals surface area contributed by atoms with Crippen LogP contribution in [0.5, 0.6) is 0 Å². The maximum atomic E-state index is 11.3. The monoisotopic (exact) mass is 387 g/mol. The van der Waals surface area contributed by atoms with Crippen molar-refractivity contribution in [2.75, 3.05) is 11.1 Å². The Balaban J connectivity index is 1.88. The van der Waals surface area contributed by atoms with Gasteiger partial charge in [-0.1, -0.05) is 19.0 Å². The van der Waals surface area contributed by atoms with Crippen LogP contribution in [0, 0.1) is 0 Å². The van der Waals surface area contributed by atoms with E-state index in [1.54, 1.807) is 30.1 Å². The van der Waals surface area contributed by atoms with E-state index in [0.717, 1.165) is 16.5 Å². The fourth-order valence-electron chi connectivity index (χ4n) is 3.05. The lowest BCUT2D eigenvalue weighted by molar-refractivity contribution is -0.114. The summed E-state index contributed by atoms with van der Waals surface area (Å²) in [5, 5.41) is 25.9. The van der Waals surface area contributed by atoms with Crippen molar-refractivity contribution in [3.63, 3.8) is 0 Å². The van der Waals surface area contributed by atoms with Crippen LogP contribution in [0.25, 0.3) is 27.8 Å². The number of anilines is 2. The third kappa shape index (κ3) is 3.65. The van der Waals surface area contributed by atoms with Gasteiger partial charge in [-0.3, -0.25) is 4.79 Å². The van der Waals surface area contributed by atoms with Crippen LogP contribution in [0.15, 0.2) is 49.1 Å². The smallest absolute Gasteiger partial charge is 0.321 e. The number of hydrogen-bond acceptors (Lipinski definition) is 7. The predicted octanol–water partition coefficient (Wildman–Crippen LogP) is 1.24. The first-order chi connectivity index (χ1) is 13.9. The van der Waals surface area contributed by atoms with Crippen molar-refractivity contribution in [3.8, 4) is 16.9 Å². The van der Waals surface area contributed by atoms with E-state index in [2.05, 4.69) is 25.6 Å². The third-order valence-electron chi connectivity index (χ3n) is 4.47. The number of nitrogens with zero attached hydrogens (tertiary/aromatic N) is 5. The highest BCUT2D eigenvalue weighted by atomic mass is 16.2. The van der Waals surface area contributed by atoms with Gasteiger partial charge in [0.2, 0.25) is 5.91 Å². The Morgan fingerprint density at radius 2 is 2.07 bits per heavy atom. The fourth-order valence-corrected chi connectivity index (χ4v) is 3.05. The number of nitrogen functional groups attached to an aromatic ring is 1. The van der Waals surface area contributed by atoms with Crippen LogP contribution in [0.4, 0.5) is 11.4 Å². The van der Waals surface area contributed by atoms with Crippen molar-refractivity contribution >= 4 is 40.6 Å². The molecule has 3 aromatic heterocycles. The summed E-state index contributed by atoms with van der Waals surface area (Å²) in [6.07, 6.45) is 6.33. The molecule has 0 aliphatic rings. The minimum Gasteiger partial charge on any atom is -0.446 e. The second-order valence-electron chi connectivity index (χ2n) is 6.70. The van der Waals surface area contributed by atoms with E-state index in [4.69, 9.17) is 5.73 Å². The molecule has 3 heterocycles. The van der Waals surface area contributed by atoms with Crippen molar-refractivity contribution in [2.45, 2.75) is 13.7 Å². The summed E-state index contributed by atoms with van der Waals surface area (Å²) < 4.78 is 1.57. The summed E-state index contributed by atoms with van der Waals surface area (Å²) in [6.45, 7) is 2.43. The fraction of sp³-hybridized carbons (Fsp3) is 0.105. The lowest BCUT2D eigenvalue weighted by Gasteiger charge is -2.12. The standard InChI is InChI=1S/C19H18BN7O2/c1-11(28)25-14-8-24-27(10-14)19-16(6-13(7-22-19)20(2)29)12-3-4-15-17(21)9-23-26-18(15)5-12/h3-10,29H,1-2H3,(H2,21,26)(H,25,28). The third-order valence-corrected chi connectivity index (χ3v) is 4.47. The summed E-state index contributed by atoms with van der Waals surface area (Å²) in [6, 6.07) is 7.50. The zero-order chi connectivity index (χ0) is 20.5. The van der Waals surface area contributed by atoms with E-state index in [-0.39, 0.29) is 5.91 Å². The zero-order valence-electron chi connectivity index (χ0n) is 15.9. The van der Waals surface area contributed by atoms with Gasteiger partial charge in [0.05, 0.1) is 35.5 Å². The minimum atomic E-state index is -0.682. The first-order valence-electron chi connectivity index (χ1n) is 8.94. The molecule has 0 saturated carbocycles. The average Bonchev–Trinajstić information content (AvgIpc) is 3.15. The molecular formula is C19H18BN7O2. The number of benzene rings is 1. The van der Waals surface area contributed by atoms with Gasteiger partial charge in [-0.15, -0.1) is 0 Å². The Morgan fingerprint density at radius 1 is 1.24 bits per heavy atom. The van der Waals surface area contributed by atoms with E-state index in [1.807, 2.05) is 24.3 Å². The van der Waals surface area contributed by atoms with E-state index in [0.29, 0.717) is 28.2 Å². The van der Waals surface area contributed by atoms with E-state index < -0.39 is 6.92 Å². The molecule has 10 heteroatoms. The number of aromatic nitrogens is 5. The maximum Gasteiger partial charge on any atom is 0.321 e. The van der Waals surface area contributed by atoms with E-state index in [1.165, 1.54) is 13.1 Å². The van der Waals surface area contributed by atoms with Gasteiger partial charge in [0, 0.05) is 24.1 Å². The number of nitrogens with two attached hydrogens (primary N) is 1. The Bertz CT molecular complexity index is 1220. The predicted molar refractivity (Wildman–Crippen MR) is 112 cm³/mol. The Morgan fingerprint density at radius 3 is 2.83 bits per heavy atom. The number of carbonyl (C=O) groups is 1. The van der Waals surface area contributed by atoms with E-state index in [9.17, 15) is 9.82 Å². The summed E-state index contributed by atoms with van der Waals surface area (Å²) >= 11 is 0. The highest BCUT2D eigenvalue weighted by Gasteiger charge is 2.16. The van der Waals surface area contributed by atoms with Crippen molar-refractivity contribution in [1.29, 1.82) is 0 Å². The number of nitrogens with one attached hydrogen (secondary N) is 1. The van der Waals surface area contributed by atoms with Crippen LogP contribution in [0.2, 0.25) is 6.82 Å². The van der Waals surface area contributed by atoms with Crippen LogP contribution in [0.3, 0.4) is 0 Å². The molecule has 0 aliphatic carbocycles. The summed E-state index contributed by atoms with van der Waals surface area (Å²) in [7, 11) is 0. The zero-order valence-corrected chi connectivity index (χ0v) is 15.9. The molecule has 4 N–H and O–H groups in total. The number of pyridine rings is 1. The first-order valence-corrected chi connectivity index (χ1v) is 8.94. The lowest BCUT2D eigenvalue weighted by atomic mass is 9.65. The molecule has 1 aromatic carbocycles. The molecule has 4 rings (SSSR count). The van der Waals surface area contributed by atoms with Gasteiger partial charge < -0.3 is 16.1 Å². The molecule has 0 atom stereocenters. The minimum absolute atomic E-state index is 0.187. The Hall–Kier alpha value is -3.79. The molecule has 9 nitrogen and oxygen atoms in total. The molecule has 144 valence electrons. The van der Waals surface area contributed by atoms with Gasteiger partial charge >= 0.3 is 6.92 Å². The topological polar surface area (TPSA) is 132 Å². The number of fused-ring (bicyclic) bond motifs is 1. The molecule has 0 unspecified atom stereocenters. The molecule has 0 radical (unpaired) electrons. The number of rotatable bonds is 4. The first kappa shape index (κ1) is 18.6. The maximum absolute atomic E-state index is 11.3. The highest BCUT2D eigenvalue weighted by molar-refractivity contribution is 6.64. The number of amides is 1. The lowest BCUT2D eigenvalue weighted by Crippen LogP contribution is -2.27. The van der Waals surface area contributed by atoms with Crippen LogP contribution in [0.1, 0.15) is 6.92 Å². The second kappa shape index (κ2) is 7.32. The number of hydrogen-bond donors (Lipinski definition) is 3. The SMILES string of the molecule is CB(O)c1cnc(-n2cc(NC(C)=O)cn2)c(-c2ccc3c(N)cnnc3c2)c1. The molecular weight excluding hydrogens is 369 g/mol. The van der Waals surface area contributed by atoms with Crippen LogP contribution >= 0.6 is 0 Å². The van der Waals surface area contributed by atoms with Gasteiger partial charge in [-0.2, -0.15) is 15.3 Å². The quantitative estimate of drug-likeness (QED) is 0.449. The van der Waals surface area contributed by atoms with E-state index >= 15 is 0 Å². The summed E-state index contributed by atoms with van der Waals surface area (Å²) in [5.41, 5.74) is 9.95. The summed E-state index contributed by atoms with van der Waals surface area (Å²) in [5.74, 6) is 0.357. The Labute approximate surface area is 166 Å². The molecule has 29 heavy (non-hydrogen) atoms. The highest BCUT2D eigenvalue weighted by Crippen LogP contribution is 2.29. The van der Waals surface area contributed by atoms with Crippen molar-refractivity contribution < 1.29 is 9.82 Å². The number of carbonyl (C=O) groups excluding carboxylic acids is 1. The molecule has 4 aromatic rings. The summed E-state index contributed by atoms with van der Waals surface area (Å²) in [4.78, 5) is 15.8. The largest absolute Gasteiger partial charge is 0.446 e. The van der Waals surface area contributed by atoms with Gasteiger partial charge in [-0.05, 0) is 23.2 Å². The van der Waals surface area contributed by atoms with Crippen LogP contribution in [-0.4, -0.2) is 42.8 Å². The van der Waals surface area contributed by atoms with Crippen molar-refractivity contribution in [3.05, 3.63) is 49.1 Å². The second-order valence-corrected chi connectivity index (χ2v) is 6.70. The molecule has 0 saturated heterocycles. The molecule has 0 fully saturated rings. The van der Waals surface area contributed by atoms with Gasteiger partial charge in [-0.25, -0.2) is 9.67 Å².